The number of ether oxygens (including phenoxy) is 2. The second-order valence-corrected chi connectivity index (χ2v) is 4.20. The fraction of sp³-hybridized carbons (Fsp3) is 0.538. The molecule has 0 spiro atoms. The Kier molecular flexibility index (Phi) is 5.26. The minimum atomic E-state index is -0.286. The zero-order chi connectivity index (χ0) is 12.0. The van der Waals surface area contributed by atoms with Crippen molar-refractivity contribution in [2.75, 3.05) is 19.8 Å². The molecule has 0 aromatic heterocycles. The van der Waals surface area contributed by atoms with Crippen LogP contribution in [0.3, 0.4) is 0 Å². The number of benzene rings is 1. The van der Waals surface area contributed by atoms with E-state index in [1.54, 1.807) is 25.1 Å². The van der Waals surface area contributed by atoms with E-state index in [2.05, 4.69) is 13.8 Å². The Bertz CT molecular complexity index is 324. The van der Waals surface area contributed by atoms with Crippen molar-refractivity contribution in [2.45, 2.75) is 20.8 Å². The monoisotopic (exact) mass is 226 g/mol. The maximum absolute atomic E-state index is 13.5. The quantitative estimate of drug-likeness (QED) is 0.693. The van der Waals surface area contributed by atoms with E-state index >= 15 is 0 Å². The van der Waals surface area contributed by atoms with E-state index in [-0.39, 0.29) is 5.82 Å². The smallest absolute Gasteiger partial charge is 0.167 e. The van der Waals surface area contributed by atoms with Crippen molar-refractivity contribution >= 4 is 0 Å². The molecule has 1 aromatic rings. The summed E-state index contributed by atoms with van der Waals surface area (Å²) < 4.78 is 24.1. The van der Waals surface area contributed by atoms with Crippen molar-refractivity contribution in [3.63, 3.8) is 0 Å². The molecular weight excluding hydrogens is 207 g/mol. The molecule has 0 radical (unpaired) electrons. The number of rotatable bonds is 6. The molecule has 2 nitrogen and oxygen atoms in total. The molecule has 0 aliphatic carbocycles. The molecule has 0 fully saturated rings. The highest BCUT2D eigenvalue weighted by molar-refractivity contribution is 5.29. The van der Waals surface area contributed by atoms with Crippen LogP contribution in [0, 0.1) is 18.7 Å². The zero-order valence-electron chi connectivity index (χ0n) is 10.1. The number of hydrogen-bond acceptors (Lipinski definition) is 2. The van der Waals surface area contributed by atoms with Crippen LogP contribution in [0.1, 0.15) is 19.4 Å². The lowest BCUT2D eigenvalue weighted by Gasteiger charge is -2.10. The molecule has 0 aliphatic heterocycles. The molecular formula is C13H19FO2. The Hall–Kier alpha value is -1.09. The Morgan fingerprint density at radius 2 is 2.00 bits per heavy atom. The highest BCUT2D eigenvalue weighted by Gasteiger charge is 2.05. The molecule has 0 unspecified atom stereocenters. The molecule has 0 heterocycles. The summed E-state index contributed by atoms with van der Waals surface area (Å²) in [5.41, 5.74) is 0.598. The van der Waals surface area contributed by atoms with E-state index < -0.39 is 0 Å². The van der Waals surface area contributed by atoms with Gasteiger partial charge in [-0.05, 0) is 24.5 Å². The molecule has 90 valence electrons. The van der Waals surface area contributed by atoms with Crippen LogP contribution in [0.4, 0.5) is 4.39 Å². The third-order valence-electron chi connectivity index (χ3n) is 2.09. The van der Waals surface area contributed by atoms with Crippen LogP contribution < -0.4 is 4.74 Å². The third-order valence-corrected chi connectivity index (χ3v) is 2.09. The molecule has 16 heavy (non-hydrogen) atoms. The maximum Gasteiger partial charge on any atom is 0.167 e. The van der Waals surface area contributed by atoms with E-state index in [0.29, 0.717) is 37.1 Å². The standard InChI is InChI=1S/C13H19FO2/c1-10(2)9-15-7-8-16-12-6-4-5-11(3)13(12)14/h4-6,10H,7-9H2,1-3H3. The molecule has 0 amide bonds. The molecule has 0 bridgehead atoms. The van der Waals surface area contributed by atoms with E-state index in [9.17, 15) is 4.39 Å². The summed E-state index contributed by atoms with van der Waals surface area (Å²) in [7, 11) is 0. The minimum absolute atomic E-state index is 0.286. The first kappa shape index (κ1) is 13.0. The van der Waals surface area contributed by atoms with Crippen LogP contribution in [0.15, 0.2) is 18.2 Å². The SMILES string of the molecule is Cc1cccc(OCCOCC(C)C)c1F. The summed E-state index contributed by atoms with van der Waals surface area (Å²) in [6.45, 7) is 7.47. The first-order valence-electron chi connectivity index (χ1n) is 5.57. The predicted octanol–water partition coefficient (Wildman–Crippen LogP) is 3.19. The summed E-state index contributed by atoms with van der Waals surface area (Å²) in [5, 5.41) is 0. The van der Waals surface area contributed by atoms with Crippen LogP contribution in [0.25, 0.3) is 0 Å². The van der Waals surface area contributed by atoms with Crippen molar-refractivity contribution in [3.8, 4) is 5.75 Å². The molecule has 1 rings (SSSR count). The van der Waals surface area contributed by atoms with Gasteiger partial charge >= 0.3 is 0 Å². The predicted molar refractivity (Wildman–Crippen MR) is 62.3 cm³/mol. The lowest BCUT2D eigenvalue weighted by molar-refractivity contribution is 0.0807. The maximum atomic E-state index is 13.5. The van der Waals surface area contributed by atoms with E-state index in [0.717, 1.165) is 0 Å². The fourth-order valence-corrected chi connectivity index (χ4v) is 1.26. The normalized spacial score (nSPS) is 10.8. The lowest BCUT2D eigenvalue weighted by atomic mass is 10.2. The number of halogens is 1. The molecule has 0 atom stereocenters. The van der Waals surface area contributed by atoms with Gasteiger partial charge < -0.3 is 9.47 Å². The Balaban J connectivity index is 2.29. The summed E-state index contributed by atoms with van der Waals surface area (Å²) in [6, 6.07) is 5.13. The van der Waals surface area contributed by atoms with Gasteiger partial charge in [0.25, 0.3) is 0 Å². The highest BCUT2D eigenvalue weighted by Crippen LogP contribution is 2.19. The van der Waals surface area contributed by atoms with Crippen LogP contribution in [-0.4, -0.2) is 19.8 Å². The first-order chi connectivity index (χ1) is 7.61. The summed E-state index contributed by atoms with van der Waals surface area (Å²) in [4.78, 5) is 0. The number of hydrogen-bond donors (Lipinski definition) is 0. The second-order valence-electron chi connectivity index (χ2n) is 4.20. The fourth-order valence-electron chi connectivity index (χ4n) is 1.26. The van der Waals surface area contributed by atoms with Crippen molar-refractivity contribution in [3.05, 3.63) is 29.6 Å². The van der Waals surface area contributed by atoms with Crippen molar-refractivity contribution in [1.82, 2.24) is 0 Å². The topological polar surface area (TPSA) is 18.5 Å². The number of aryl methyl sites for hydroxylation is 1. The van der Waals surface area contributed by atoms with Crippen molar-refractivity contribution in [1.29, 1.82) is 0 Å². The van der Waals surface area contributed by atoms with Gasteiger partial charge in [0.1, 0.15) is 6.61 Å². The Morgan fingerprint density at radius 1 is 1.25 bits per heavy atom. The van der Waals surface area contributed by atoms with Gasteiger partial charge in [-0.2, -0.15) is 0 Å². The van der Waals surface area contributed by atoms with Crippen molar-refractivity contribution in [2.24, 2.45) is 5.92 Å². The molecule has 0 saturated heterocycles. The van der Waals surface area contributed by atoms with E-state index in [4.69, 9.17) is 9.47 Å². The van der Waals surface area contributed by atoms with Gasteiger partial charge in [0.05, 0.1) is 6.61 Å². The van der Waals surface area contributed by atoms with Crippen LogP contribution >= 0.6 is 0 Å². The first-order valence-corrected chi connectivity index (χ1v) is 5.57. The molecule has 0 saturated carbocycles. The van der Waals surface area contributed by atoms with Gasteiger partial charge in [0.2, 0.25) is 0 Å². The van der Waals surface area contributed by atoms with E-state index in [1.807, 2.05) is 0 Å². The zero-order valence-corrected chi connectivity index (χ0v) is 10.1. The summed E-state index contributed by atoms with van der Waals surface area (Å²) >= 11 is 0. The van der Waals surface area contributed by atoms with Gasteiger partial charge in [-0.3, -0.25) is 0 Å². The molecule has 0 N–H and O–H groups in total. The molecule has 3 heteroatoms. The van der Waals surface area contributed by atoms with Crippen LogP contribution in [0.2, 0.25) is 0 Å². The lowest BCUT2D eigenvalue weighted by Crippen LogP contribution is -2.10. The van der Waals surface area contributed by atoms with E-state index in [1.165, 1.54) is 0 Å². The average Bonchev–Trinajstić information content (AvgIpc) is 2.23. The third kappa shape index (κ3) is 4.19. The largest absolute Gasteiger partial charge is 0.488 e. The molecule has 0 aliphatic rings. The minimum Gasteiger partial charge on any atom is -0.488 e. The Morgan fingerprint density at radius 3 is 2.69 bits per heavy atom. The Labute approximate surface area is 96.4 Å². The van der Waals surface area contributed by atoms with Gasteiger partial charge in [-0.15, -0.1) is 0 Å². The van der Waals surface area contributed by atoms with Crippen molar-refractivity contribution < 1.29 is 13.9 Å². The van der Waals surface area contributed by atoms with Gasteiger partial charge in [-0.1, -0.05) is 26.0 Å². The molecule has 1 aromatic carbocycles. The van der Waals surface area contributed by atoms with Crippen LogP contribution in [-0.2, 0) is 4.74 Å². The van der Waals surface area contributed by atoms with Crippen LogP contribution in [0.5, 0.6) is 5.75 Å². The van der Waals surface area contributed by atoms with Gasteiger partial charge in [0.15, 0.2) is 11.6 Å². The average molecular weight is 226 g/mol. The summed E-state index contributed by atoms with van der Waals surface area (Å²) in [6.07, 6.45) is 0. The summed E-state index contributed by atoms with van der Waals surface area (Å²) in [5.74, 6) is 0.523. The second kappa shape index (κ2) is 6.48. The van der Waals surface area contributed by atoms with Gasteiger partial charge in [0, 0.05) is 6.61 Å². The van der Waals surface area contributed by atoms with Gasteiger partial charge in [-0.25, -0.2) is 4.39 Å². The highest BCUT2D eigenvalue weighted by atomic mass is 19.1.